The second-order valence-electron chi connectivity index (χ2n) is 4.08. The number of anilines is 1. The molecule has 1 rings (SSSR count). The Kier molecular flexibility index (Phi) is 7.97. The Morgan fingerprint density at radius 2 is 1.79 bits per heavy atom. The molecule has 0 radical (unpaired) electrons. The van der Waals surface area contributed by atoms with Gasteiger partial charge >= 0.3 is 0 Å². The number of methoxy groups -OCH3 is 2. The second kappa shape index (κ2) is 9.61. The van der Waals surface area contributed by atoms with E-state index in [1.165, 1.54) is 0 Å². The van der Waals surface area contributed by atoms with E-state index in [1.807, 2.05) is 12.1 Å². The van der Waals surface area contributed by atoms with Crippen LogP contribution in [0.4, 0.5) is 5.69 Å². The summed E-state index contributed by atoms with van der Waals surface area (Å²) in [5.74, 6) is 0.787. The zero-order valence-electron chi connectivity index (χ0n) is 11.7. The first-order chi connectivity index (χ1) is 9.27. The molecule has 0 fully saturated rings. The minimum atomic E-state index is 0.468. The number of nitrogens with two attached hydrogens (primary N) is 1. The zero-order chi connectivity index (χ0) is 13.9. The lowest BCUT2D eigenvalue weighted by molar-refractivity contribution is 0.0332. The van der Waals surface area contributed by atoms with Crippen LogP contribution in [0.25, 0.3) is 0 Å². The molecule has 5 nitrogen and oxygen atoms in total. The van der Waals surface area contributed by atoms with Crippen molar-refractivity contribution in [3.8, 4) is 5.75 Å². The first kappa shape index (κ1) is 15.8. The predicted octanol–water partition coefficient (Wildman–Crippen LogP) is 1.85. The number of hydrogen-bond acceptors (Lipinski definition) is 5. The molecule has 0 aromatic heterocycles. The van der Waals surface area contributed by atoms with E-state index in [0.717, 1.165) is 24.3 Å². The van der Waals surface area contributed by atoms with Gasteiger partial charge in [-0.3, -0.25) is 0 Å². The van der Waals surface area contributed by atoms with Crippen LogP contribution in [0.3, 0.4) is 0 Å². The summed E-state index contributed by atoms with van der Waals surface area (Å²) in [6.07, 6.45) is 0.902. The summed E-state index contributed by atoms with van der Waals surface area (Å²) in [6.45, 7) is 3.01. The van der Waals surface area contributed by atoms with Crippen molar-refractivity contribution in [2.24, 2.45) is 0 Å². The minimum Gasteiger partial charge on any atom is -0.496 e. The molecule has 0 atom stereocenters. The molecule has 0 heterocycles. The van der Waals surface area contributed by atoms with Gasteiger partial charge in [-0.2, -0.15) is 0 Å². The number of ether oxygens (including phenoxy) is 4. The summed E-state index contributed by atoms with van der Waals surface area (Å²) < 4.78 is 21.1. The molecule has 108 valence electrons. The third-order valence-corrected chi connectivity index (χ3v) is 2.57. The van der Waals surface area contributed by atoms with Gasteiger partial charge in [0.2, 0.25) is 0 Å². The van der Waals surface area contributed by atoms with Crippen molar-refractivity contribution >= 4 is 5.69 Å². The Morgan fingerprint density at radius 1 is 1.00 bits per heavy atom. The van der Waals surface area contributed by atoms with E-state index in [2.05, 4.69) is 0 Å². The lowest BCUT2D eigenvalue weighted by Crippen LogP contribution is -2.07. The molecule has 0 saturated carbocycles. The Labute approximate surface area is 114 Å². The highest BCUT2D eigenvalue weighted by Crippen LogP contribution is 2.21. The fourth-order valence-electron chi connectivity index (χ4n) is 1.62. The van der Waals surface area contributed by atoms with Crippen LogP contribution >= 0.6 is 0 Å². The Hall–Kier alpha value is -1.30. The van der Waals surface area contributed by atoms with Crippen LogP contribution in [0.5, 0.6) is 5.75 Å². The monoisotopic (exact) mass is 269 g/mol. The van der Waals surface area contributed by atoms with Gasteiger partial charge in [-0.1, -0.05) is 0 Å². The van der Waals surface area contributed by atoms with Crippen LogP contribution in [0.1, 0.15) is 12.0 Å². The van der Waals surface area contributed by atoms with Crippen LogP contribution < -0.4 is 10.5 Å². The zero-order valence-corrected chi connectivity index (χ0v) is 11.7. The predicted molar refractivity (Wildman–Crippen MR) is 74.4 cm³/mol. The quantitative estimate of drug-likeness (QED) is 0.519. The van der Waals surface area contributed by atoms with E-state index in [-0.39, 0.29) is 0 Å². The standard InChI is InChI=1S/C14H23NO4/c1-16-6-3-7-18-8-9-19-11-12-10-13(15)4-5-14(12)17-2/h4-5,10H,3,6-9,11,15H2,1-2H3. The lowest BCUT2D eigenvalue weighted by Gasteiger charge is -2.10. The average molecular weight is 269 g/mol. The maximum Gasteiger partial charge on any atom is 0.124 e. The molecular weight excluding hydrogens is 246 g/mol. The molecule has 5 heteroatoms. The summed E-state index contributed by atoms with van der Waals surface area (Å²) in [5, 5.41) is 0. The Morgan fingerprint density at radius 3 is 2.53 bits per heavy atom. The van der Waals surface area contributed by atoms with Gasteiger partial charge in [-0.25, -0.2) is 0 Å². The fraction of sp³-hybridized carbons (Fsp3) is 0.571. The van der Waals surface area contributed by atoms with E-state index >= 15 is 0 Å². The molecule has 0 spiro atoms. The van der Waals surface area contributed by atoms with E-state index in [9.17, 15) is 0 Å². The number of benzene rings is 1. The van der Waals surface area contributed by atoms with Crippen LogP contribution in [0.15, 0.2) is 18.2 Å². The Bertz CT molecular complexity index is 357. The minimum absolute atomic E-state index is 0.468. The fourth-order valence-corrected chi connectivity index (χ4v) is 1.62. The van der Waals surface area contributed by atoms with Gasteiger partial charge in [0.05, 0.1) is 26.9 Å². The highest BCUT2D eigenvalue weighted by Gasteiger charge is 2.03. The maximum atomic E-state index is 5.73. The van der Waals surface area contributed by atoms with Crippen LogP contribution in [0.2, 0.25) is 0 Å². The molecule has 0 unspecified atom stereocenters. The number of rotatable bonds is 10. The van der Waals surface area contributed by atoms with Crippen molar-refractivity contribution in [2.75, 3.05) is 46.4 Å². The van der Waals surface area contributed by atoms with Crippen molar-refractivity contribution in [2.45, 2.75) is 13.0 Å². The van der Waals surface area contributed by atoms with Crippen molar-refractivity contribution in [3.63, 3.8) is 0 Å². The van der Waals surface area contributed by atoms with Crippen molar-refractivity contribution in [1.29, 1.82) is 0 Å². The van der Waals surface area contributed by atoms with Crippen LogP contribution in [-0.2, 0) is 20.8 Å². The molecule has 0 aliphatic rings. The van der Waals surface area contributed by atoms with E-state index < -0.39 is 0 Å². The molecule has 1 aromatic carbocycles. The molecule has 2 N–H and O–H groups in total. The topological polar surface area (TPSA) is 62.9 Å². The molecular formula is C14H23NO4. The molecule has 1 aromatic rings. The normalized spacial score (nSPS) is 10.6. The molecule has 19 heavy (non-hydrogen) atoms. The molecule has 0 bridgehead atoms. The van der Waals surface area contributed by atoms with Crippen LogP contribution in [0, 0.1) is 0 Å². The van der Waals surface area contributed by atoms with Gasteiger partial charge in [0.15, 0.2) is 0 Å². The first-order valence-electron chi connectivity index (χ1n) is 6.34. The maximum absolute atomic E-state index is 5.73. The summed E-state index contributed by atoms with van der Waals surface area (Å²) >= 11 is 0. The second-order valence-corrected chi connectivity index (χ2v) is 4.08. The summed E-state index contributed by atoms with van der Waals surface area (Å²) in [4.78, 5) is 0. The molecule has 0 aliphatic carbocycles. The van der Waals surface area contributed by atoms with E-state index in [0.29, 0.717) is 32.1 Å². The summed E-state index contributed by atoms with van der Waals surface area (Å²) in [6, 6.07) is 5.51. The lowest BCUT2D eigenvalue weighted by atomic mass is 10.2. The van der Waals surface area contributed by atoms with Gasteiger partial charge in [0, 0.05) is 31.6 Å². The third-order valence-electron chi connectivity index (χ3n) is 2.57. The van der Waals surface area contributed by atoms with Gasteiger partial charge in [0.1, 0.15) is 5.75 Å². The highest BCUT2D eigenvalue weighted by atomic mass is 16.5. The highest BCUT2D eigenvalue weighted by molar-refractivity contribution is 5.47. The average Bonchev–Trinajstić information content (AvgIpc) is 2.42. The third kappa shape index (κ3) is 6.42. The number of nitrogen functional groups attached to an aromatic ring is 1. The van der Waals surface area contributed by atoms with Gasteiger partial charge in [0.25, 0.3) is 0 Å². The first-order valence-corrected chi connectivity index (χ1v) is 6.34. The van der Waals surface area contributed by atoms with Gasteiger partial charge < -0.3 is 24.7 Å². The molecule has 0 saturated heterocycles. The smallest absolute Gasteiger partial charge is 0.124 e. The molecule has 0 amide bonds. The molecule has 0 aliphatic heterocycles. The number of hydrogen-bond donors (Lipinski definition) is 1. The van der Waals surface area contributed by atoms with Crippen molar-refractivity contribution in [3.05, 3.63) is 23.8 Å². The summed E-state index contributed by atoms with van der Waals surface area (Å²) in [7, 11) is 3.32. The SMILES string of the molecule is COCCCOCCOCc1cc(N)ccc1OC. The largest absolute Gasteiger partial charge is 0.496 e. The van der Waals surface area contributed by atoms with Crippen molar-refractivity contribution < 1.29 is 18.9 Å². The van der Waals surface area contributed by atoms with Gasteiger partial charge in [-0.05, 0) is 24.6 Å². The van der Waals surface area contributed by atoms with E-state index in [4.69, 9.17) is 24.7 Å². The summed E-state index contributed by atoms with van der Waals surface area (Å²) in [5.41, 5.74) is 7.38. The van der Waals surface area contributed by atoms with Crippen molar-refractivity contribution in [1.82, 2.24) is 0 Å². The van der Waals surface area contributed by atoms with Crippen LogP contribution in [-0.4, -0.2) is 40.6 Å². The Balaban J connectivity index is 2.17. The van der Waals surface area contributed by atoms with E-state index in [1.54, 1.807) is 20.3 Å². The van der Waals surface area contributed by atoms with Gasteiger partial charge in [-0.15, -0.1) is 0 Å².